The second kappa shape index (κ2) is 8.86. The molecule has 0 atom stereocenters. The topological polar surface area (TPSA) is 38.8 Å². The number of hydrogen-bond acceptors (Lipinski definition) is 3. The summed E-state index contributed by atoms with van der Waals surface area (Å²) in [5.74, 6) is -0.215. The van der Waals surface area contributed by atoms with Crippen LogP contribution in [0.25, 0.3) is 0 Å². The Morgan fingerprint density at radius 2 is 1.63 bits per heavy atom. The van der Waals surface area contributed by atoms with E-state index in [1.54, 1.807) is 17.0 Å². The number of urea groups is 1. The van der Waals surface area contributed by atoms with E-state index in [1.165, 1.54) is 11.6 Å². The predicted octanol–water partition coefficient (Wildman–Crippen LogP) is 2.92. The first-order chi connectivity index (χ1) is 13.0. The third-order valence-electron chi connectivity index (χ3n) is 4.73. The molecule has 6 heteroatoms. The Hall–Kier alpha value is -2.60. The second-order valence-corrected chi connectivity index (χ2v) is 7.14. The second-order valence-electron chi connectivity index (χ2n) is 7.14. The first-order valence-corrected chi connectivity index (χ1v) is 9.28. The number of halogens is 1. The van der Waals surface area contributed by atoms with Crippen LogP contribution in [0.4, 0.5) is 14.9 Å². The molecule has 144 valence electrons. The molecule has 0 saturated carbocycles. The molecule has 5 nitrogen and oxygen atoms in total. The van der Waals surface area contributed by atoms with E-state index < -0.39 is 0 Å². The summed E-state index contributed by atoms with van der Waals surface area (Å²) < 4.78 is 13.9. The largest absolute Gasteiger partial charge is 0.366 e. The van der Waals surface area contributed by atoms with E-state index in [0.717, 1.165) is 12.1 Å². The molecular weight excluding hydrogens is 343 g/mol. The standard InChI is InChI=1S/C21H27FN4O/c1-24(2)16-18-9-7-17(8-10-18)15-23-21(27)26-13-11-25(12-14-26)20-6-4-3-5-19(20)22/h3-10H,11-16H2,1-2H3,(H,23,27). The molecule has 1 N–H and O–H groups in total. The molecule has 0 bridgehead atoms. The van der Waals surface area contributed by atoms with Crippen LogP contribution >= 0.6 is 0 Å². The summed E-state index contributed by atoms with van der Waals surface area (Å²) in [5, 5.41) is 2.98. The minimum absolute atomic E-state index is 0.0689. The molecule has 0 unspecified atom stereocenters. The van der Waals surface area contributed by atoms with E-state index in [2.05, 4.69) is 34.5 Å². The van der Waals surface area contributed by atoms with E-state index in [9.17, 15) is 9.18 Å². The van der Waals surface area contributed by atoms with Crippen LogP contribution in [0, 0.1) is 5.82 Å². The third-order valence-corrected chi connectivity index (χ3v) is 4.73. The number of amides is 2. The Kier molecular flexibility index (Phi) is 6.29. The number of para-hydroxylation sites is 1. The fourth-order valence-corrected chi connectivity index (χ4v) is 3.28. The third kappa shape index (κ3) is 5.20. The summed E-state index contributed by atoms with van der Waals surface area (Å²) >= 11 is 0. The molecule has 0 spiro atoms. The highest BCUT2D eigenvalue weighted by Gasteiger charge is 2.22. The van der Waals surface area contributed by atoms with E-state index in [0.29, 0.717) is 38.4 Å². The molecule has 1 heterocycles. The molecule has 0 aliphatic carbocycles. The summed E-state index contributed by atoms with van der Waals surface area (Å²) in [4.78, 5) is 18.3. The molecular formula is C21H27FN4O. The number of anilines is 1. The van der Waals surface area contributed by atoms with Crippen LogP contribution in [0.2, 0.25) is 0 Å². The van der Waals surface area contributed by atoms with Gasteiger partial charge in [0.2, 0.25) is 0 Å². The maximum Gasteiger partial charge on any atom is 0.317 e. The van der Waals surface area contributed by atoms with Crippen LogP contribution in [-0.4, -0.2) is 56.1 Å². The Bertz CT molecular complexity index is 755. The highest BCUT2D eigenvalue weighted by molar-refractivity contribution is 5.74. The van der Waals surface area contributed by atoms with Crippen molar-refractivity contribution >= 4 is 11.7 Å². The number of carbonyl (C=O) groups excluding carboxylic acids is 1. The van der Waals surface area contributed by atoms with Gasteiger partial charge in [-0.2, -0.15) is 0 Å². The summed E-state index contributed by atoms with van der Waals surface area (Å²) in [6, 6.07) is 15.0. The SMILES string of the molecule is CN(C)Cc1ccc(CNC(=O)N2CCN(c3ccccc3F)CC2)cc1. The van der Waals surface area contributed by atoms with Gasteiger partial charge in [-0.25, -0.2) is 9.18 Å². The first kappa shape index (κ1) is 19.2. The van der Waals surface area contributed by atoms with Crippen LogP contribution in [-0.2, 0) is 13.1 Å². The zero-order valence-electron chi connectivity index (χ0n) is 16.0. The molecule has 1 saturated heterocycles. The van der Waals surface area contributed by atoms with E-state index in [1.807, 2.05) is 25.1 Å². The number of nitrogens with one attached hydrogen (secondary N) is 1. The quantitative estimate of drug-likeness (QED) is 0.880. The Morgan fingerprint density at radius 3 is 2.26 bits per heavy atom. The lowest BCUT2D eigenvalue weighted by Gasteiger charge is -2.36. The molecule has 2 aromatic carbocycles. The lowest BCUT2D eigenvalue weighted by atomic mass is 10.1. The average Bonchev–Trinajstić information content (AvgIpc) is 2.67. The van der Waals surface area contributed by atoms with Gasteiger partial charge in [0.05, 0.1) is 5.69 Å². The lowest BCUT2D eigenvalue weighted by Crippen LogP contribution is -2.51. The van der Waals surface area contributed by atoms with Crippen LogP contribution in [0.15, 0.2) is 48.5 Å². The van der Waals surface area contributed by atoms with Crippen molar-refractivity contribution in [3.63, 3.8) is 0 Å². The lowest BCUT2D eigenvalue weighted by molar-refractivity contribution is 0.194. The highest BCUT2D eigenvalue weighted by Crippen LogP contribution is 2.20. The van der Waals surface area contributed by atoms with Gasteiger partial charge in [0.15, 0.2) is 0 Å². The van der Waals surface area contributed by atoms with Gasteiger partial charge in [-0.05, 0) is 37.4 Å². The average molecular weight is 370 g/mol. The van der Waals surface area contributed by atoms with Crippen molar-refractivity contribution < 1.29 is 9.18 Å². The molecule has 2 amide bonds. The first-order valence-electron chi connectivity index (χ1n) is 9.28. The summed E-state index contributed by atoms with van der Waals surface area (Å²) in [5.41, 5.74) is 2.94. The van der Waals surface area contributed by atoms with Crippen molar-refractivity contribution in [3.05, 3.63) is 65.5 Å². The van der Waals surface area contributed by atoms with Crippen molar-refractivity contribution in [2.24, 2.45) is 0 Å². The molecule has 1 aliphatic heterocycles. The fraction of sp³-hybridized carbons (Fsp3) is 0.381. The maximum atomic E-state index is 13.9. The molecule has 2 aromatic rings. The van der Waals surface area contributed by atoms with Crippen LogP contribution in [0.5, 0.6) is 0 Å². The molecule has 1 aliphatic rings. The van der Waals surface area contributed by atoms with Crippen molar-refractivity contribution in [1.29, 1.82) is 0 Å². The van der Waals surface area contributed by atoms with Crippen molar-refractivity contribution in [2.75, 3.05) is 45.2 Å². The predicted molar refractivity (Wildman–Crippen MR) is 106 cm³/mol. The monoisotopic (exact) mass is 370 g/mol. The zero-order valence-corrected chi connectivity index (χ0v) is 16.0. The van der Waals surface area contributed by atoms with Crippen LogP contribution < -0.4 is 10.2 Å². The Balaban J connectivity index is 1.46. The van der Waals surface area contributed by atoms with Gasteiger partial charge in [0, 0.05) is 39.3 Å². The number of rotatable bonds is 5. The van der Waals surface area contributed by atoms with Gasteiger partial charge >= 0.3 is 6.03 Å². The summed E-state index contributed by atoms with van der Waals surface area (Å²) in [6.07, 6.45) is 0. The van der Waals surface area contributed by atoms with Crippen molar-refractivity contribution in [3.8, 4) is 0 Å². The smallest absolute Gasteiger partial charge is 0.317 e. The van der Waals surface area contributed by atoms with Crippen molar-refractivity contribution in [2.45, 2.75) is 13.1 Å². The van der Waals surface area contributed by atoms with Crippen LogP contribution in [0.1, 0.15) is 11.1 Å². The Morgan fingerprint density at radius 1 is 1.00 bits per heavy atom. The molecule has 3 rings (SSSR count). The highest BCUT2D eigenvalue weighted by atomic mass is 19.1. The number of nitrogens with zero attached hydrogens (tertiary/aromatic N) is 3. The van der Waals surface area contributed by atoms with E-state index >= 15 is 0 Å². The normalized spacial score (nSPS) is 14.5. The number of hydrogen-bond donors (Lipinski definition) is 1. The number of carbonyl (C=O) groups is 1. The summed E-state index contributed by atoms with van der Waals surface area (Å²) in [7, 11) is 4.08. The maximum absolute atomic E-state index is 13.9. The van der Waals surface area contributed by atoms with Gasteiger partial charge in [0.1, 0.15) is 5.82 Å². The minimum atomic E-state index is -0.215. The molecule has 1 fully saturated rings. The zero-order chi connectivity index (χ0) is 19.2. The van der Waals surface area contributed by atoms with Gasteiger partial charge in [-0.15, -0.1) is 0 Å². The fourth-order valence-electron chi connectivity index (χ4n) is 3.28. The van der Waals surface area contributed by atoms with E-state index in [4.69, 9.17) is 0 Å². The number of piperazine rings is 1. The van der Waals surface area contributed by atoms with Crippen LogP contribution in [0.3, 0.4) is 0 Å². The van der Waals surface area contributed by atoms with Gasteiger partial charge in [-0.3, -0.25) is 0 Å². The summed E-state index contributed by atoms with van der Waals surface area (Å²) in [6.45, 7) is 3.85. The van der Waals surface area contributed by atoms with E-state index in [-0.39, 0.29) is 11.8 Å². The molecule has 0 radical (unpaired) electrons. The molecule has 27 heavy (non-hydrogen) atoms. The van der Waals surface area contributed by atoms with Gasteiger partial charge in [-0.1, -0.05) is 36.4 Å². The van der Waals surface area contributed by atoms with Gasteiger partial charge in [0.25, 0.3) is 0 Å². The van der Waals surface area contributed by atoms with Crippen molar-refractivity contribution in [1.82, 2.24) is 15.1 Å². The van der Waals surface area contributed by atoms with Gasteiger partial charge < -0.3 is 20.0 Å². The Labute approximate surface area is 160 Å². The minimum Gasteiger partial charge on any atom is -0.366 e. The number of benzene rings is 2. The molecule has 0 aromatic heterocycles.